The highest BCUT2D eigenvalue weighted by Crippen LogP contribution is 2.19. The van der Waals surface area contributed by atoms with E-state index in [1.54, 1.807) is 14.2 Å². The predicted octanol–water partition coefficient (Wildman–Crippen LogP) is 3.88. The molecule has 146 valence electrons. The standard InChI is InChI=1S/C21H35N3O2/c1-22-21(24-17-18-11-13-19(25-2)14-12-18)23-15-7-8-16-26-20-9-5-3-4-6-10-20/h11-14,20H,3-10,15-17H2,1-2H3,(H2,22,23,24). The van der Waals surface area contributed by atoms with Crippen molar-refractivity contribution in [1.29, 1.82) is 0 Å². The second-order valence-corrected chi connectivity index (χ2v) is 6.89. The summed E-state index contributed by atoms with van der Waals surface area (Å²) in [4.78, 5) is 4.28. The predicted molar refractivity (Wildman–Crippen MR) is 108 cm³/mol. The fourth-order valence-electron chi connectivity index (χ4n) is 3.24. The summed E-state index contributed by atoms with van der Waals surface area (Å²) in [6.07, 6.45) is 10.6. The highest BCUT2D eigenvalue weighted by Gasteiger charge is 2.11. The summed E-state index contributed by atoms with van der Waals surface area (Å²) in [5.74, 6) is 1.72. The molecule has 2 N–H and O–H groups in total. The molecule has 0 aromatic heterocycles. The number of nitrogens with zero attached hydrogens (tertiary/aromatic N) is 1. The molecular formula is C21H35N3O2. The van der Waals surface area contributed by atoms with E-state index in [1.165, 1.54) is 44.1 Å². The lowest BCUT2D eigenvalue weighted by Gasteiger charge is -2.15. The van der Waals surface area contributed by atoms with Crippen LogP contribution < -0.4 is 15.4 Å². The molecule has 0 bridgehead atoms. The largest absolute Gasteiger partial charge is 0.497 e. The fourth-order valence-corrected chi connectivity index (χ4v) is 3.24. The number of nitrogens with one attached hydrogen (secondary N) is 2. The van der Waals surface area contributed by atoms with Crippen LogP contribution in [0.1, 0.15) is 56.9 Å². The van der Waals surface area contributed by atoms with Gasteiger partial charge in [0.25, 0.3) is 0 Å². The van der Waals surface area contributed by atoms with Crippen molar-refractivity contribution in [1.82, 2.24) is 10.6 Å². The van der Waals surface area contributed by atoms with Crippen LogP contribution in [0.25, 0.3) is 0 Å². The second-order valence-electron chi connectivity index (χ2n) is 6.89. The highest BCUT2D eigenvalue weighted by molar-refractivity contribution is 5.79. The number of methoxy groups -OCH3 is 1. The fraction of sp³-hybridized carbons (Fsp3) is 0.667. The van der Waals surface area contributed by atoms with Crippen molar-refractivity contribution in [3.63, 3.8) is 0 Å². The van der Waals surface area contributed by atoms with Crippen LogP contribution in [0.2, 0.25) is 0 Å². The van der Waals surface area contributed by atoms with Crippen molar-refractivity contribution in [2.24, 2.45) is 4.99 Å². The van der Waals surface area contributed by atoms with Crippen LogP contribution in [0.15, 0.2) is 29.3 Å². The summed E-state index contributed by atoms with van der Waals surface area (Å²) in [5.41, 5.74) is 1.20. The molecule has 0 radical (unpaired) electrons. The van der Waals surface area contributed by atoms with Crippen molar-refractivity contribution in [3.05, 3.63) is 29.8 Å². The minimum atomic E-state index is 0.504. The summed E-state index contributed by atoms with van der Waals surface area (Å²) in [7, 11) is 3.49. The molecular weight excluding hydrogens is 326 g/mol. The topological polar surface area (TPSA) is 54.9 Å². The van der Waals surface area contributed by atoms with Crippen molar-refractivity contribution in [2.45, 2.75) is 64.0 Å². The van der Waals surface area contributed by atoms with E-state index in [1.807, 2.05) is 12.1 Å². The van der Waals surface area contributed by atoms with Crippen LogP contribution in [-0.2, 0) is 11.3 Å². The molecule has 1 saturated carbocycles. The van der Waals surface area contributed by atoms with Gasteiger partial charge >= 0.3 is 0 Å². The molecule has 1 aliphatic carbocycles. The van der Waals surface area contributed by atoms with Gasteiger partial charge in [0.15, 0.2) is 5.96 Å². The van der Waals surface area contributed by atoms with Crippen molar-refractivity contribution in [2.75, 3.05) is 27.3 Å². The lowest BCUT2D eigenvalue weighted by atomic mass is 10.1. The Bertz CT molecular complexity index is 508. The summed E-state index contributed by atoms with van der Waals surface area (Å²) in [6, 6.07) is 8.07. The van der Waals surface area contributed by atoms with Crippen LogP contribution in [0.4, 0.5) is 0 Å². The van der Waals surface area contributed by atoms with Crippen LogP contribution in [0.3, 0.4) is 0 Å². The van der Waals surface area contributed by atoms with Gasteiger partial charge in [-0.3, -0.25) is 4.99 Å². The smallest absolute Gasteiger partial charge is 0.191 e. The highest BCUT2D eigenvalue weighted by atomic mass is 16.5. The van der Waals surface area contributed by atoms with Gasteiger partial charge in [-0.2, -0.15) is 0 Å². The first-order chi connectivity index (χ1) is 12.8. The summed E-state index contributed by atoms with van der Waals surface area (Å²) < 4.78 is 11.2. The summed E-state index contributed by atoms with van der Waals surface area (Å²) in [6.45, 7) is 2.54. The first-order valence-corrected chi connectivity index (χ1v) is 10.0. The zero-order valence-corrected chi connectivity index (χ0v) is 16.4. The van der Waals surface area contributed by atoms with E-state index in [2.05, 4.69) is 27.8 Å². The Morgan fingerprint density at radius 2 is 1.77 bits per heavy atom. The van der Waals surface area contributed by atoms with E-state index >= 15 is 0 Å². The van der Waals surface area contributed by atoms with E-state index < -0.39 is 0 Å². The normalized spacial score (nSPS) is 16.2. The van der Waals surface area contributed by atoms with E-state index in [-0.39, 0.29) is 0 Å². The quantitative estimate of drug-likeness (QED) is 0.303. The van der Waals surface area contributed by atoms with Gasteiger partial charge in [0.1, 0.15) is 5.75 Å². The van der Waals surface area contributed by atoms with E-state index in [9.17, 15) is 0 Å². The third-order valence-electron chi connectivity index (χ3n) is 4.86. The molecule has 0 unspecified atom stereocenters. The third-order valence-corrected chi connectivity index (χ3v) is 4.86. The Morgan fingerprint density at radius 3 is 2.42 bits per heavy atom. The number of ether oxygens (including phenoxy) is 2. The molecule has 0 spiro atoms. The van der Waals surface area contributed by atoms with Gasteiger partial charge in [-0.1, -0.05) is 37.8 Å². The van der Waals surface area contributed by atoms with E-state index in [0.29, 0.717) is 6.10 Å². The number of unbranched alkanes of at least 4 members (excludes halogenated alkanes) is 1. The molecule has 26 heavy (non-hydrogen) atoms. The van der Waals surface area contributed by atoms with Gasteiger partial charge in [-0.25, -0.2) is 0 Å². The molecule has 5 heteroatoms. The maximum absolute atomic E-state index is 6.04. The average molecular weight is 362 g/mol. The maximum Gasteiger partial charge on any atom is 0.191 e. The molecule has 5 nitrogen and oxygen atoms in total. The van der Waals surface area contributed by atoms with Crippen LogP contribution in [0.5, 0.6) is 5.75 Å². The van der Waals surface area contributed by atoms with Crippen molar-refractivity contribution >= 4 is 5.96 Å². The van der Waals surface area contributed by atoms with Gasteiger partial charge in [0.05, 0.1) is 13.2 Å². The first-order valence-electron chi connectivity index (χ1n) is 10.0. The summed E-state index contributed by atoms with van der Waals surface area (Å²) >= 11 is 0. The molecule has 1 aliphatic rings. The second kappa shape index (κ2) is 12.6. The third kappa shape index (κ3) is 8.09. The molecule has 1 fully saturated rings. The first kappa shape index (κ1) is 20.6. The van der Waals surface area contributed by atoms with E-state index in [0.717, 1.165) is 44.2 Å². The number of aliphatic imine (C=N–C) groups is 1. The number of hydrogen-bond acceptors (Lipinski definition) is 3. The summed E-state index contributed by atoms with van der Waals surface area (Å²) in [5, 5.41) is 6.71. The number of rotatable bonds is 9. The number of guanidine groups is 1. The van der Waals surface area contributed by atoms with Gasteiger partial charge in [-0.15, -0.1) is 0 Å². The molecule has 2 rings (SSSR count). The molecule has 0 aliphatic heterocycles. The Morgan fingerprint density at radius 1 is 1.04 bits per heavy atom. The van der Waals surface area contributed by atoms with Crippen molar-refractivity contribution < 1.29 is 9.47 Å². The molecule has 0 amide bonds. The number of hydrogen-bond donors (Lipinski definition) is 2. The maximum atomic E-state index is 6.04. The number of benzene rings is 1. The molecule has 0 saturated heterocycles. The minimum absolute atomic E-state index is 0.504. The molecule has 1 aromatic carbocycles. The van der Waals surface area contributed by atoms with Gasteiger partial charge in [0, 0.05) is 26.7 Å². The van der Waals surface area contributed by atoms with Crippen molar-refractivity contribution in [3.8, 4) is 5.75 Å². The Labute approximate surface area is 158 Å². The van der Waals surface area contributed by atoms with Gasteiger partial charge in [-0.05, 0) is 43.4 Å². The zero-order chi connectivity index (χ0) is 18.5. The zero-order valence-electron chi connectivity index (χ0n) is 16.4. The lowest BCUT2D eigenvalue weighted by molar-refractivity contribution is 0.0411. The molecule has 0 heterocycles. The average Bonchev–Trinajstić information content (AvgIpc) is 2.96. The Kier molecular flexibility index (Phi) is 9.95. The Balaban J connectivity index is 1.54. The monoisotopic (exact) mass is 361 g/mol. The SMILES string of the molecule is CN=C(NCCCCOC1CCCCCC1)NCc1ccc(OC)cc1. The van der Waals surface area contributed by atoms with Crippen LogP contribution in [-0.4, -0.2) is 39.4 Å². The molecule has 0 atom stereocenters. The van der Waals surface area contributed by atoms with Gasteiger partial charge < -0.3 is 20.1 Å². The van der Waals surface area contributed by atoms with Crippen LogP contribution >= 0.6 is 0 Å². The van der Waals surface area contributed by atoms with E-state index in [4.69, 9.17) is 9.47 Å². The van der Waals surface area contributed by atoms with Crippen LogP contribution in [0, 0.1) is 0 Å². The Hall–Kier alpha value is -1.75. The van der Waals surface area contributed by atoms with Gasteiger partial charge in [0.2, 0.25) is 0 Å². The lowest BCUT2D eigenvalue weighted by Crippen LogP contribution is -2.37. The molecule has 1 aromatic rings. The minimum Gasteiger partial charge on any atom is -0.497 e.